The van der Waals surface area contributed by atoms with Crippen LogP contribution in [0.2, 0.25) is 10.0 Å². The first-order chi connectivity index (χ1) is 19.0. The monoisotopic (exact) mass is 566 g/mol. The number of anilines is 2. The van der Waals surface area contributed by atoms with Crippen LogP contribution < -0.4 is 19.3 Å². The lowest BCUT2D eigenvalue weighted by Crippen LogP contribution is -2.49. The number of benzene rings is 2. The molecule has 2 aromatic heterocycles. The molecule has 6 rings (SSSR count). The van der Waals surface area contributed by atoms with Gasteiger partial charge >= 0.3 is 0 Å². The molecule has 2 aliphatic rings. The summed E-state index contributed by atoms with van der Waals surface area (Å²) in [5.41, 5.74) is 3.43. The summed E-state index contributed by atoms with van der Waals surface area (Å²) in [4.78, 5) is 9.84. The zero-order chi connectivity index (χ0) is 26.9. The molecule has 39 heavy (non-hydrogen) atoms. The Morgan fingerprint density at radius 2 is 1.00 bits per heavy atom. The van der Waals surface area contributed by atoms with Crippen LogP contribution in [0.3, 0.4) is 0 Å². The van der Waals surface area contributed by atoms with Crippen molar-refractivity contribution in [2.75, 3.05) is 75.2 Å². The second-order valence-corrected chi connectivity index (χ2v) is 11.3. The van der Waals surface area contributed by atoms with Crippen LogP contribution in [-0.4, -0.2) is 75.2 Å². The zero-order valence-corrected chi connectivity index (χ0v) is 23.3. The van der Waals surface area contributed by atoms with Gasteiger partial charge in [-0.25, -0.2) is 0 Å². The van der Waals surface area contributed by atoms with Crippen molar-refractivity contribution in [3.8, 4) is 0 Å². The van der Waals surface area contributed by atoms with Gasteiger partial charge in [-0.05, 0) is 43.8 Å². The summed E-state index contributed by atoms with van der Waals surface area (Å²) in [6.07, 6.45) is 4.30. The van der Waals surface area contributed by atoms with Gasteiger partial charge in [0.2, 0.25) is 11.0 Å². The van der Waals surface area contributed by atoms with E-state index in [0.29, 0.717) is 21.1 Å². The van der Waals surface area contributed by atoms with Crippen molar-refractivity contribution in [1.82, 2.24) is 9.80 Å². The molecule has 0 bridgehead atoms. The van der Waals surface area contributed by atoms with Gasteiger partial charge in [0, 0.05) is 86.7 Å². The van der Waals surface area contributed by atoms with Gasteiger partial charge in [0.25, 0.3) is 0 Å². The number of piperazine rings is 2. The predicted octanol–water partition coefficient (Wildman–Crippen LogP) is 3.90. The van der Waals surface area contributed by atoms with Crippen LogP contribution >= 0.6 is 23.2 Å². The molecule has 0 unspecified atom stereocenters. The maximum absolute atomic E-state index is 12.2. The van der Waals surface area contributed by atoms with E-state index in [-0.39, 0.29) is 0 Å². The summed E-state index contributed by atoms with van der Waals surface area (Å²) < 4.78 is 1.78. The van der Waals surface area contributed by atoms with Crippen molar-refractivity contribution < 1.29 is 9.46 Å². The van der Waals surface area contributed by atoms with Gasteiger partial charge in [0.15, 0.2) is 12.4 Å². The Balaban J connectivity index is 0.979. The van der Waals surface area contributed by atoms with E-state index < -0.39 is 0 Å². The van der Waals surface area contributed by atoms with E-state index in [4.69, 9.17) is 23.2 Å². The summed E-state index contributed by atoms with van der Waals surface area (Å²) in [6.45, 7) is 10.0. The van der Waals surface area contributed by atoms with E-state index in [1.54, 1.807) is 24.5 Å². The molecule has 0 amide bonds. The minimum atomic E-state index is 0.575. The fraction of sp³-hybridized carbons (Fsp3) is 0.379. The van der Waals surface area contributed by atoms with Crippen molar-refractivity contribution in [1.29, 1.82) is 0 Å². The van der Waals surface area contributed by atoms with E-state index >= 15 is 0 Å². The number of fused-ring (bicyclic) bond motifs is 2. The largest absolute Gasteiger partial charge is 0.618 e. The molecule has 0 spiro atoms. The Bertz CT molecular complexity index is 1370. The van der Waals surface area contributed by atoms with Crippen molar-refractivity contribution in [3.63, 3.8) is 0 Å². The van der Waals surface area contributed by atoms with Crippen molar-refractivity contribution in [3.05, 3.63) is 81.4 Å². The highest BCUT2D eigenvalue weighted by atomic mass is 35.5. The first kappa shape index (κ1) is 26.2. The third-order valence-corrected chi connectivity index (χ3v) is 8.53. The van der Waals surface area contributed by atoms with Crippen LogP contribution in [0, 0.1) is 10.4 Å². The number of hydrogen-bond acceptors (Lipinski definition) is 6. The summed E-state index contributed by atoms with van der Waals surface area (Å²) >= 11 is 12.3. The van der Waals surface area contributed by atoms with Gasteiger partial charge in [-0.2, -0.15) is 9.46 Å². The van der Waals surface area contributed by atoms with E-state index in [2.05, 4.69) is 19.6 Å². The maximum atomic E-state index is 12.2. The fourth-order valence-corrected chi connectivity index (χ4v) is 6.25. The number of rotatable bonds is 6. The normalized spacial score (nSPS) is 17.4. The summed E-state index contributed by atoms with van der Waals surface area (Å²) in [6, 6.07) is 14.9. The first-order valence-corrected chi connectivity index (χ1v) is 14.3. The molecule has 10 heteroatoms. The molecule has 4 aromatic rings. The Morgan fingerprint density at radius 1 is 0.590 bits per heavy atom. The lowest BCUT2D eigenvalue weighted by atomic mass is 10.1. The van der Waals surface area contributed by atoms with Crippen LogP contribution in [0.1, 0.15) is 6.42 Å². The van der Waals surface area contributed by atoms with Crippen LogP contribution in [0.15, 0.2) is 60.9 Å². The summed E-state index contributed by atoms with van der Waals surface area (Å²) in [5.74, 6) is 0. The SMILES string of the molecule is [O-][n+]1ccc(N2CCN(CCCN3CCN(c4cc[n+]([O-])c5cc(Cl)ccc45)CC3)CC2)c2ccc(Cl)cc21. The molecule has 2 aromatic carbocycles. The Morgan fingerprint density at radius 3 is 1.41 bits per heavy atom. The molecule has 2 fully saturated rings. The van der Waals surface area contributed by atoms with Gasteiger partial charge in [0.1, 0.15) is 0 Å². The Labute approximate surface area is 238 Å². The Hall–Kier alpha value is -3.04. The highest BCUT2D eigenvalue weighted by molar-refractivity contribution is 6.31. The van der Waals surface area contributed by atoms with E-state index in [0.717, 1.165) is 103 Å². The minimum absolute atomic E-state index is 0.575. The lowest BCUT2D eigenvalue weighted by molar-refractivity contribution is -0.577. The fourth-order valence-electron chi connectivity index (χ4n) is 5.92. The van der Waals surface area contributed by atoms with Crippen LogP contribution in [0.25, 0.3) is 21.8 Å². The van der Waals surface area contributed by atoms with E-state index in [9.17, 15) is 10.4 Å². The number of halogens is 2. The van der Waals surface area contributed by atoms with Crippen molar-refractivity contribution in [2.45, 2.75) is 6.42 Å². The predicted molar refractivity (Wildman–Crippen MR) is 158 cm³/mol. The van der Waals surface area contributed by atoms with Crippen molar-refractivity contribution >= 4 is 56.4 Å². The summed E-state index contributed by atoms with van der Waals surface area (Å²) in [5, 5.41) is 27.5. The van der Waals surface area contributed by atoms with Crippen LogP contribution in [0.5, 0.6) is 0 Å². The number of hydrogen-bond donors (Lipinski definition) is 0. The van der Waals surface area contributed by atoms with Crippen LogP contribution in [0.4, 0.5) is 11.4 Å². The van der Waals surface area contributed by atoms with Gasteiger partial charge in [0.05, 0.1) is 22.1 Å². The molecule has 4 heterocycles. The third-order valence-electron chi connectivity index (χ3n) is 8.06. The van der Waals surface area contributed by atoms with Gasteiger partial charge in [-0.3, -0.25) is 9.80 Å². The standard InChI is InChI=1S/C29H32Cl2N6O2/c30-22-2-4-24-26(6-10-36(38)28(24)20-22)34-16-12-32(13-17-34)8-1-9-33-14-18-35(19-15-33)27-7-11-37(39)29-21-23(31)3-5-25(27)29/h2-7,10-11,20-21H,1,8-9,12-19H2. The first-order valence-electron chi connectivity index (χ1n) is 13.5. The zero-order valence-electron chi connectivity index (χ0n) is 21.8. The molecule has 0 radical (unpaired) electrons. The van der Waals surface area contributed by atoms with Gasteiger partial charge < -0.3 is 20.2 Å². The van der Waals surface area contributed by atoms with Gasteiger partial charge in [-0.15, -0.1) is 0 Å². The number of aromatic nitrogens is 2. The average molecular weight is 568 g/mol. The molecular formula is C29H32Cl2N6O2. The Kier molecular flexibility index (Phi) is 7.53. The van der Waals surface area contributed by atoms with Crippen LogP contribution in [-0.2, 0) is 0 Å². The molecular weight excluding hydrogens is 535 g/mol. The summed E-state index contributed by atoms with van der Waals surface area (Å²) in [7, 11) is 0. The molecule has 8 nitrogen and oxygen atoms in total. The molecule has 2 saturated heterocycles. The number of nitrogens with zero attached hydrogens (tertiary/aromatic N) is 6. The lowest BCUT2D eigenvalue weighted by Gasteiger charge is -2.38. The average Bonchev–Trinajstić information content (AvgIpc) is 2.95. The molecule has 2 aliphatic heterocycles. The molecule has 0 aliphatic carbocycles. The highest BCUT2D eigenvalue weighted by Crippen LogP contribution is 2.29. The smallest absolute Gasteiger partial charge is 0.227 e. The van der Waals surface area contributed by atoms with E-state index in [1.165, 1.54) is 0 Å². The highest BCUT2D eigenvalue weighted by Gasteiger charge is 2.23. The second-order valence-electron chi connectivity index (χ2n) is 10.4. The molecule has 204 valence electrons. The number of pyridine rings is 2. The molecule has 0 saturated carbocycles. The quantitative estimate of drug-likeness (QED) is 0.260. The second kappa shape index (κ2) is 11.2. The van der Waals surface area contributed by atoms with Gasteiger partial charge in [-0.1, -0.05) is 23.2 Å². The maximum Gasteiger partial charge on any atom is 0.227 e. The van der Waals surface area contributed by atoms with E-state index in [1.807, 2.05) is 36.4 Å². The minimum Gasteiger partial charge on any atom is -0.618 e. The van der Waals surface area contributed by atoms with Crippen molar-refractivity contribution in [2.24, 2.45) is 0 Å². The topological polar surface area (TPSA) is 66.8 Å². The molecule has 0 N–H and O–H groups in total. The molecule has 0 atom stereocenters. The third kappa shape index (κ3) is 5.52.